The van der Waals surface area contributed by atoms with Gasteiger partial charge in [0.15, 0.2) is 0 Å². The van der Waals surface area contributed by atoms with Crippen molar-refractivity contribution >= 4 is 23.8 Å². The molecule has 1 fully saturated rings. The van der Waals surface area contributed by atoms with Gasteiger partial charge in [-0.1, -0.05) is 6.92 Å². The summed E-state index contributed by atoms with van der Waals surface area (Å²) in [7, 11) is 0. The van der Waals surface area contributed by atoms with Gasteiger partial charge in [-0.25, -0.2) is 4.79 Å². The number of hydrogen-bond donors (Lipinski definition) is 3. The number of urea groups is 1. The number of rotatable bonds is 5. The summed E-state index contributed by atoms with van der Waals surface area (Å²) in [5, 5.41) is 14.8. The minimum Gasteiger partial charge on any atom is -0.481 e. The lowest BCUT2D eigenvalue weighted by Crippen LogP contribution is -2.43. The molecule has 1 saturated carbocycles. The van der Waals surface area contributed by atoms with Crippen LogP contribution in [0.2, 0.25) is 0 Å². The first-order chi connectivity index (χ1) is 8.02. The van der Waals surface area contributed by atoms with Crippen molar-refractivity contribution in [3.05, 3.63) is 0 Å². The van der Waals surface area contributed by atoms with Gasteiger partial charge in [-0.15, -0.1) is 0 Å². The monoisotopic (exact) mass is 260 g/mol. The highest BCUT2D eigenvalue weighted by Crippen LogP contribution is 2.25. The molecule has 3 atom stereocenters. The van der Waals surface area contributed by atoms with E-state index in [1.807, 2.05) is 13.2 Å². The van der Waals surface area contributed by atoms with Gasteiger partial charge in [0, 0.05) is 17.8 Å². The van der Waals surface area contributed by atoms with Crippen molar-refractivity contribution in [2.45, 2.75) is 37.5 Å². The van der Waals surface area contributed by atoms with Gasteiger partial charge in [0.2, 0.25) is 0 Å². The summed E-state index contributed by atoms with van der Waals surface area (Å²) in [5.74, 6) is -1.06. The van der Waals surface area contributed by atoms with Gasteiger partial charge in [-0.05, 0) is 25.5 Å². The van der Waals surface area contributed by atoms with Gasteiger partial charge in [0.05, 0.1) is 5.92 Å². The molecule has 0 aliphatic heterocycles. The van der Waals surface area contributed by atoms with Crippen LogP contribution in [-0.4, -0.2) is 41.2 Å². The molecule has 0 spiro atoms. The molecule has 98 valence electrons. The second kappa shape index (κ2) is 6.74. The maximum absolute atomic E-state index is 11.5. The van der Waals surface area contributed by atoms with Crippen LogP contribution in [0.3, 0.4) is 0 Å². The summed E-state index contributed by atoms with van der Waals surface area (Å²) in [5.41, 5.74) is 0. The minimum absolute atomic E-state index is 0.000635. The van der Waals surface area contributed by atoms with E-state index in [-0.39, 0.29) is 18.0 Å². The second-order valence-electron chi connectivity index (χ2n) is 4.45. The Morgan fingerprint density at radius 3 is 2.71 bits per heavy atom. The van der Waals surface area contributed by atoms with Gasteiger partial charge in [0.1, 0.15) is 0 Å². The van der Waals surface area contributed by atoms with Crippen molar-refractivity contribution in [1.82, 2.24) is 10.6 Å². The predicted octanol–water partition coefficient (Wildman–Crippen LogP) is 1.29. The van der Waals surface area contributed by atoms with Crippen LogP contribution in [0.5, 0.6) is 0 Å². The third-order valence-corrected chi connectivity index (χ3v) is 4.04. The van der Waals surface area contributed by atoms with Crippen molar-refractivity contribution < 1.29 is 14.7 Å². The molecule has 1 unspecified atom stereocenters. The summed E-state index contributed by atoms with van der Waals surface area (Å²) in [6.45, 7) is 2.67. The summed E-state index contributed by atoms with van der Waals surface area (Å²) in [4.78, 5) is 22.3. The lowest BCUT2D eigenvalue weighted by Gasteiger charge is -2.15. The SMILES string of the molecule is CSC(C)CNC(=O)N[C@H]1CC[C@@H](C(=O)O)C1. The van der Waals surface area contributed by atoms with E-state index in [0.717, 1.165) is 6.42 Å². The Hall–Kier alpha value is -0.910. The molecule has 5 nitrogen and oxygen atoms in total. The van der Waals surface area contributed by atoms with Crippen LogP contribution in [-0.2, 0) is 4.79 Å². The Balaban J connectivity index is 2.22. The highest BCUT2D eigenvalue weighted by Gasteiger charge is 2.30. The van der Waals surface area contributed by atoms with Gasteiger partial charge >= 0.3 is 12.0 Å². The molecule has 0 radical (unpaired) electrons. The Bertz CT molecular complexity index is 286. The fourth-order valence-corrected chi connectivity index (χ4v) is 2.14. The predicted molar refractivity (Wildman–Crippen MR) is 68.3 cm³/mol. The van der Waals surface area contributed by atoms with E-state index in [9.17, 15) is 9.59 Å². The van der Waals surface area contributed by atoms with E-state index in [1.165, 1.54) is 0 Å². The molecule has 0 heterocycles. The molecule has 0 aromatic rings. The van der Waals surface area contributed by atoms with Gasteiger partial charge < -0.3 is 15.7 Å². The van der Waals surface area contributed by atoms with Crippen LogP contribution in [0.25, 0.3) is 0 Å². The quantitative estimate of drug-likeness (QED) is 0.696. The summed E-state index contributed by atoms with van der Waals surface area (Å²) < 4.78 is 0. The summed E-state index contributed by atoms with van der Waals surface area (Å²) in [6, 6.07) is -0.192. The van der Waals surface area contributed by atoms with E-state index in [4.69, 9.17) is 5.11 Å². The van der Waals surface area contributed by atoms with Crippen LogP contribution in [0.4, 0.5) is 4.79 Å². The van der Waals surface area contributed by atoms with E-state index in [2.05, 4.69) is 10.6 Å². The van der Waals surface area contributed by atoms with Crippen molar-refractivity contribution in [2.24, 2.45) is 5.92 Å². The molecule has 0 saturated heterocycles. The minimum atomic E-state index is -0.759. The Labute approximate surface area is 106 Å². The number of nitrogens with one attached hydrogen (secondary N) is 2. The topological polar surface area (TPSA) is 78.4 Å². The highest BCUT2D eigenvalue weighted by atomic mass is 32.2. The van der Waals surface area contributed by atoms with Crippen LogP contribution >= 0.6 is 11.8 Å². The third kappa shape index (κ3) is 4.85. The number of amides is 2. The van der Waals surface area contributed by atoms with Crippen LogP contribution in [0.15, 0.2) is 0 Å². The van der Waals surface area contributed by atoms with E-state index < -0.39 is 5.97 Å². The smallest absolute Gasteiger partial charge is 0.315 e. The molecule has 0 bridgehead atoms. The summed E-state index contributed by atoms with van der Waals surface area (Å²) >= 11 is 1.69. The normalized spacial score (nSPS) is 25.3. The lowest BCUT2D eigenvalue weighted by molar-refractivity contribution is -0.141. The molecule has 1 aliphatic rings. The number of aliphatic carboxylic acids is 1. The van der Waals surface area contributed by atoms with E-state index in [0.29, 0.717) is 24.6 Å². The number of hydrogen-bond acceptors (Lipinski definition) is 3. The second-order valence-corrected chi connectivity index (χ2v) is 5.72. The van der Waals surface area contributed by atoms with Gasteiger partial charge in [-0.3, -0.25) is 4.79 Å². The van der Waals surface area contributed by atoms with Crippen molar-refractivity contribution in [3.63, 3.8) is 0 Å². The van der Waals surface area contributed by atoms with Crippen molar-refractivity contribution in [1.29, 1.82) is 0 Å². The van der Waals surface area contributed by atoms with Gasteiger partial charge in [0.25, 0.3) is 0 Å². The molecule has 0 aromatic carbocycles. The first-order valence-corrected chi connectivity index (χ1v) is 7.11. The average molecular weight is 260 g/mol. The number of thioether (sulfide) groups is 1. The largest absolute Gasteiger partial charge is 0.481 e. The Morgan fingerprint density at radius 1 is 1.47 bits per heavy atom. The molecule has 3 N–H and O–H groups in total. The third-order valence-electron chi connectivity index (χ3n) is 3.07. The Morgan fingerprint density at radius 2 is 2.18 bits per heavy atom. The lowest BCUT2D eigenvalue weighted by atomic mass is 10.1. The number of carboxylic acids is 1. The molecule has 17 heavy (non-hydrogen) atoms. The standard InChI is InChI=1S/C11H20N2O3S/c1-7(17-2)6-12-11(16)13-9-4-3-8(5-9)10(14)15/h7-9H,3-6H2,1-2H3,(H,14,15)(H2,12,13,16)/t7?,8-,9+/m1/s1. The van der Waals surface area contributed by atoms with Crippen molar-refractivity contribution in [3.8, 4) is 0 Å². The fourth-order valence-electron chi connectivity index (χ4n) is 1.89. The zero-order valence-electron chi connectivity index (χ0n) is 10.2. The highest BCUT2D eigenvalue weighted by molar-refractivity contribution is 7.99. The maximum atomic E-state index is 11.5. The molecule has 1 rings (SSSR count). The van der Waals surface area contributed by atoms with E-state index in [1.54, 1.807) is 11.8 Å². The first-order valence-electron chi connectivity index (χ1n) is 5.83. The summed E-state index contributed by atoms with van der Waals surface area (Å²) in [6.07, 6.45) is 3.95. The number of carboxylic acid groups (broad SMARTS) is 1. The molecule has 6 heteroatoms. The van der Waals surface area contributed by atoms with Crippen molar-refractivity contribution in [2.75, 3.05) is 12.8 Å². The van der Waals surface area contributed by atoms with Crippen LogP contribution < -0.4 is 10.6 Å². The molecule has 2 amide bonds. The molecular formula is C11H20N2O3S. The number of carbonyl (C=O) groups excluding carboxylic acids is 1. The zero-order chi connectivity index (χ0) is 12.8. The molecule has 0 aromatic heterocycles. The number of carbonyl (C=O) groups is 2. The van der Waals surface area contributed by atoms with Gasteiger partial charge in [-0.2, -0.15) is 11.8 Å². The molecule has 1 aliphatic carbocycles. The van der Waals surface area contributed by atoms with Crippen LogP contribution in [0, 0.1) is 5.92 Å². The van der Waals surface area contributed by atoms with E-state index >= 15 is 0 Å². The Kier molecular flexibility index (Phi) is 5.61. The fraction of sp³-hybridized carbons (Fsp3) is 0.818. The zero-order valence-corrected chi connectivity index (χ0v) is 11.0. The average Bonchev–Trinajstić information content (AvgIpc) is 2.74. The first kappa shape index (κ1) is 14.2. The molecular weight excluding hydrogens is 240 g/mol. The van der Waals surface area contributed by atoms with Crippen LogP contribution in [0.1, 0.15) is 26.2 Å². The maximum Gasteiger partial charge on any atom is 0.315 e.